The second-order valence-corrected chi connectivity index (χ2v) is 10.1. The number of carbonyl (C=O) groups is 1. The molecular formula is C21H24N2O3S2. The summed E-state index contributed by atoms with van der Waals surface area (Å²) in [5.74, 6) is 0.854. The van der Waals surface area contributed by atoms with Crippen molar-refractivity contribution in [1.29, 1.82) is 0 Å². The summed E-state index contributed by atoms with van der Waals surface area (Å²) in [6.07, 6.45) is 3.62. The van der Waals surface area contributed by atoms with Crippen molar-refractivity contribution in [2.24, 2.45) is 0 Å². The Kier molecular flexibility index (Phi) is 5.49. The van der Waals surface area contributed by atoms with E-state index in [1.54, 1.807) is 28.8 Å². The minimum atomic E-state index is -3.69. The molecule has 2 aromatic rings. The van der Waals surface area contributed by atoms with Crippen molar-refractivity contribution in [3.05, 3.63) is 53.6 Å². The number of hydrogen-bond acceptors (Lipinski definition) is 4. The summed E-state index contributed by atoms with van der Waals surface area (Å²) in [7, 11) is -3.69. The lowest BCUT2D eigenvalue weighted by Gasteiger charge is -2.26. The first kappa shape index (κ1) is 19.5. The van der Waals surface area contributed by atoms with Crippen LogP contribution in [0.3, 0.4) is 0 Å². The van der Waals surface area contributed by atoms with Gasteiger partial charge in [0.05, 0.1) is 10.6 Å². The SMILES string of the molecule is CC(=O)N1CCCSc2ccc(S(=O)(=O)N[C@H]3CCCc4ccccc43)cc21. The van der Waals surface area contributed by atoms with Gasteiger partial charge in [-0.15, -0.1) is 11.8 Å². The summed E-state index contributed by atoms with van der Waals surface area (Å²) in [4.78, 5) is 14.9. The van der Waals surface area contributed by atoms with Crippen molar-refractivity contribution in [2.75, 3.05) is 17.2 Å². The smallest absolute Gasteiger partial charge is 0.241 e. The number of rotatable bonds is 3. The van der Waals surface area contributed by atoms with Crippen molar-refractivity contribution in [1.82, 2.24) is 4.72 Å². The molecule has 1 aliphatic heterocycles. The second kappa shape index (κ2) is 7.89. The van der Waals surface area contributed by atoms with Crippen molar-refractivity contribution >= 4 is 33.4 Å². The van der Waals surface area contributed by atoms with Crippen LogP contribution < -0.4 is 9.62 Å². The molecule has 1 heterocycles. The van der Waals surface area contributed by atoms with Gasteiger partial charge in [0.15, 0.2) is 0 Å². The molecule has 2 aliphatic rings. The van der Waals surface area contributed by atoms with Gasteiger partial charge in [0, 0.05) is 24.4 Å². The summed E-state index contributed by atoms with van der Waals surface area (Å²) in [6, 6.07) is 12.9. The number of nitrogens with one attached hydrogen (secondary N) is 1. The minimum absolute atomic E-state index is 0.0625. The number of benzene rings is 2. The van der Waals surface area contributed by atoms with Crippen LogP contribution in [0.2, 0.25) is 0 Å². The van der Waals surface area contributed by atoms with Gasteiger partial charge < -0.3 is 4.90 Å². The molecule has 0 saturated heterocycles. The molecule has 148 valence electrons. The minimum Gasteiger partial charge on any atom is -0.311 e. The summed E-state index contributed by atoms with van der Waals surface area (Å²) < 4.78 is 29.2. The predicted molar refractivity (Wildman–Crippen MR) is 112 cm³/mol. The second-order valence-electron chi connectivity index (χ2n) is 7.27. The van der Waals surface area contributed by atoms with Crippen LogP contribution in [0.5, 0.6) is 0 Å². The third-order valence-corrected chi connectivity index (χ3v) is 7.98. The number of amides is 1. The van der Waals surface area contributed by atoms with E-state index >= 15 is 0 Å². The van der Waals surface area contributed by atoms with Gasteiger partial charge in [-0.2, -0.15) is 0 Å². The van der Waals surface area contributed by atoms with Crippen LogP contribution in [0.4, 0.5) is 5.69 Å². The zero-order valence-corrected chi connectivity index (χ0v) is 17.5. The lowest BCUT2D eigenvalue weighted by Crippen LogP contribution is -2.32. The quantitative estimate of drug-likeness (QED) is 0.824. The molecule has 1 amide bonds. The standard InChI is InChI=1S/C21H24N2O3S2/c1-15(24)23-12-5-13-27-21-11-10-17(14-20(21)23)28(25,26)22-19-9-4-7-16-6-2-3-8-18(16)19/h2-3,6,8,10-11,14,19,22H,4-5,7,9,12-13H2,1H3/t19-/m0/s1. The van der Waals surface area contributed by atoms with Crippen molar-refractivity contribution in [2.45, 2.75) is 48.4 Å². The van der Waals surface area contributed by atoms with E-state index in [1.807, 2.05) is 24.3 Å². The fourth-order valence-corrected chi connectivity index (χ4v) is 6.23. The molecule has 0 fully saturated rings. The van der Waals surface area contributed by atoms with Gasteiger partial charge in [0.1, 0.15) is 0 Å². The highest BCUT2D eigenvalue weighted by Crippen LogP contribution is 2.36. The van der Waals surface area contributed by atoms with E-state index in [4.69, 9.17) is 0 Å². The molecule has 0 radical (unpaired) electrons. The number of aryl methyl sites for hydroxylation is 1. The van der Waals surface area contributed by atoms with Crippen LogP contribution >= 0.6 is 11.8 Å². The van der Waals surface area contributed by atoms with E-state index in [2.05, 4.69) is 10.8 Å². The largest absolute Gasteiger partial charge is 0.311 e. The molecule has 4 rings (SSSR count). The van der Waals surface area contributed by atoms with Crippen LogP contribution in [0.1, 0.15) is 43.4 Å². The molecule has 5 nitrogen and oxygen atoms in total. The van der Waals surface area contributed by atoms with Gasteiger partial charge in [0.25, 0.3) is 0 Å². The van der Waals surface area contributed by atoms with Gasteiger partial charge in [-0.1, -0.05) is 24.3 Å². The molecule has 0 bridgehead atoms. The predicted octanol–water partition coefficient (Wildman–Crippen LogP) is 3.89. The maximum absolute atomic E-state index is 13.1. The first-order chi connectivity index (χ1) is 13.5. The third kappa shape index (κ3) is 3.83. The van der Waals surface area contributed by atoms with Gasteiger partial charge in [-0.25, -0.2) is 13.1 Å². The Hall–Kier alpha value is -1.83. The maximum atomic E-state index is 13.1. The van der Waals surface area contributed by atoms with Crippen LogP contribution in [0.25, 0.3) is 0 Å². The first-order valence-corrected chi connectivity index (χ1v) is 12.1. The summed E-state index contributed by atoms with van der Waals surface area (Å²) in [6.45, 7) is 2.14. The molecule has 2 aromatic carbocycles. The van der Waals surface area contributed by atoms with Crippen LogP contribution in [0, 0.1) is 0 Å². The Labute approximate surface area is 170 Å². The highest BCUT2D eigenvalue weighted by Gasteiger charge is 2.27. The van der Waals surface area contributed by atoms with Crippen molar-refractivity contribution in [3.63, 3.8) is 0 Å². The molecule has 1 atom stereocenters. The normalized spacial score (nSPS) is 19.5. The van der Waals surface area contributed by atoms with Crippen LogP contribution in [-0.2, 0) is 21.2 Å². The number of anilines is 1. The Morgan fingerprint density at radius 2 is 2.00 bits per heavy atom. The molecule has 0 unspecified atom stereocenters. The zero-order valence-electron chi connectivity index (χ0n) is 15.8. The summed E-state index contributed by atoms with van der Waals surface area (Å²) >= 11 is 1.67. The maximum Gasteiger partial charge on any atom is 0.241 e. The molecule has 7 heteroatoms. The number of thioether (sulfide) groups is 1. The highest BCUT2D eigenvalue weighted by molar-refractivity contribution is 7.99. The Morgan fingerprint density at radius 3 is 2.82 bits per heavy atom. The number of nitrogens with zero attached hydrogens (tertiary/aromatic N) is 1. The molecule has 28 heavy (non-hydrogen) atoms. The van der Waals surface area contributed by atoms with Gasteiger partial charge in [0.2, 0.25) is 15.9 Å². The Morgan fingerprint density at radius 1 is 1.18 bits per heavy atom. The molecule has 0 saturated carbocycles. The summed E-state index contributed by atoms with van der Waals surface area (Å²) in [5, 5.41) is 0. The molecule has 0 aromatic heterocycles. The number of carbonyl (C=O) groups excluding carboxylic acids is 1. The Bertz CT molecular complexity index is 1000. The first-order valence-electron chi connectivity index (χ1n) is 9.61. The van der Waals surface area contributed by atoms with E-state index in [9.17, 15) is 13.2 Å². The summed E-state index contributed by atoms with van der Waals surface area (Å²) in [5.41, 5.74) is 2.97. The molecule has 0 spiro atoms. The van der Waals surface area contributed by atoms with Crippen molar-refractivity contribution in [3.8, 4) is 0 Å². The highest BCUT2D eigenvalue weighted by atomic mass is 32.2. The number of sulfonamides is 1. The van der Waals surface area contributed by atoms with E-state index < -0.39 is 10.0 Å². The molecule has 1 N–H and O–H groups in total. The van der Waals surface area contributed by atoms with E-state index in [1.165, 1.54) is 12.5 Å². The fraction of sp³-hybridized carbons (Fsp3) is 0.381. The lowest BCUT2D eigenvalue weighted by molar-refractivity contribution is -0.116. The van der Waals surface area contributed by atoms with Crippen LogP contribution in [-0.4, -0.2) is 26.6 Å². The van der Waals surface area contributed by atoms with Gasteiger partial charge in [-0.05, 0) is 60.8 Å². The van der Waals surface area contributed by atoms with Gasteiger partial charge in [-0.3, -0.25) is 4.79 Å². The average molecular weight is 417 g/mol. The topological polar surface area (TPSA) is 66.5 Å². The monoisotopic (exact) mass is 416 g/mol. The van der Waals surface area contributed by atoms with Crippen LogP contribution in [0.15, 0.2) is 52.3 Å². The van der Waals surface area contributed by atoms with Crippen molar-refractivity contribution < 1.29 is 13.2 Å². The molecule has 1 aliphatic carbocycles. The lowest BCUT2D eigenvalue weighted by atomic mass is 9.88. The zero-order chi connectivity index (χ0) is 19.7. The number of hydrogen-bond donors (Lipinski definition) is 1. The third-order valence-electron chi connectivity index (χ3n) is 5.36. The Balaban J connectivity index is 1.67. The van der Waals surface area contributed by atoms with Gasteiger partial charge >= 0.3 is 0 Å². The van der Waals surface area contributed by atoms with E-state index in [-0.39, 0.29) is 16.8 Å². The van der Waals surface area contributed by atoms with E-state index in [0.717, 1.165) is 41.9 Å². The molecular weight excluding hydrogens is 392 g/mol. The average Bonchev–Trinajstić information content (AvgIpc) is 2.90. The van der Waals surface area contributed by atoms with E-state index in [0.29, 0.717) is 12.2 Å². The fourth-order valence-electron chi connectivity index (χ4n) is 3.98. The number of fused-ring (bicyclic) bond motifs is 2.